The van der Waals surface area contributed by atoms with Crippen LogP contribution in [0.5, 0.6) is 0 Å². The second-order valence-electron chi connectivity index (χ2n) is 6.98. The Bertz CT molecular complexity index is 1070. The fourth-order valence-corrected chi connectivity index (χ4v) is 4.91. The van der Waals surface area contributed by atoms with E-state index in [-0.39, 0.29) is 33.9 Å². The minimum atomic E-state index is -3.95. The highest BCUT2D eigenvalue weighted by Crippen LogP contribution is 2.30. The van der Waals surface area contributed by atoms with Crippen molar-refractivity contribution >= 4 is 27.5 Å². The number of amides is 2. The van der Waals surface area contributed by atoms with Gasteiger partial charge in [-0.25, -0.2) is 12.4 Å². The highest BCUT2D eigenvalue weighted by Gasteiger charge is 2.31. The molecule has 1 fully saturated rings. The zero-order valence-corrected chi connectivity index (χ0v) is 16.6. The molecule has 0 spiro atoms. The van der Waals surface area contributed by atoms with E-state index in [2.05, 4.69) is 10.6 Å². The first kappa shape index (κ1) is 19.6. The van der Waals surface area contributed by atoms with Crippen molar-refractivity contribution < 1.29 is 27.5 Å². The third-order valence-corrected chi connectivity index (χ3v) is 6.55. The minimum absolute atomic E-state index is 0.0272. The van der Waals surface area contributed by atoms with Gasteiger partial charge in [-0.2, -0.15) is 0 Å². The van der Waals surface area contributed by atoms with Gasteiger partial charge in [0.25, 0.3) is 21.8 Å². The molecule has 0 unspecified atom stereocenters. The Morgan fingerprint density at radius 1 is 1.31 bits per heavy atom. The molecule has 0 aliphatic carbocycles. The summed E-state index contributed by atoms with van der Waals surface area (Å²) in [6.07, 6.45) is 1.95. The van der Waals surface area contributed by atoms with E-state index in [4.69, 9.17) is 9.47 Å². The number of hydrogen-bond acceptors (Lipinski definition) is 6. The monoisotopic (exact) mass is 419 g/mol. The molecule has 0 saturated carbocycles. The van der Waals surface area contributed by atoms with Gasteiger partial charge in [0.2, 0.25) is 0 Å². The van der Waals surface area contributed by atoms with Crippen LogP contribution in [0.15, 0.2) is 35.4 Å². The van der Waals surface area contributed by atoms with Crippen LogP contribution >= 0.6 is 0 Å². The molecule has 0 bridgehead atoms. The number of fused-ring (bicyclic) bond motifs is 2. The second kappa shape index (κ2) is 7.62. The van der Waals surface area contributed by atoms with E-state index < -0.39 is 15.9 Å². The van der Waals surface area contributed by atoms with Gasteiger partial charge >= 0.3 is 0 Å². The van der Waals surface area contributed by atoms with Gasteiger partial charge in [-0.05, 0) is 43.2 Å². The Balaban J connectivity index is 1.53. The summed E-state index contributed by atoms with van der Waals surface area (Å²) in [6.45, 7) is 3.72. The van der Waals surface area contributed by atoms with Gasteiger partial charge in [0.1, 0.15) is 10.6 Å². The van der Waals surface area contributed by atoms with Crippen molar-refractivity contribution in [3.63, 3.8) is 0 Å². The van der Waals surface area contributed by atoms with Crippen LogP contribution in [-0.4, -0.2) is 56.7 Å². The van der Waals surface area contributed by atoms with Crippen LogP contribution in [0.4, 0.5) is 5.69 Å². The van der Waals surface area contributed by atoms with Gasteiger partial charge in [0.05, 0.1) is 31.6 Å². The Labute approximate surface area is 168 Å². The minimum Gasteiger partial charge on any atom is -0.376 e. The number of anilines is 1. The first-order valence-electron chi connectivity index (χ1n) is 9.24. The summed E-state index contributed by atoms with van der Waals surface area (Å²) in [6, 6.07) is 5.64. The smallest absolute Gasteiger partial charge is 0.273 e. The van der Waals surface area contributed by atoms with Crippen LogP contribution in [0.3, 0.4) is 0 Å². The van der Waals surface area contributed by atoms with Gasteiger partial charge < -0.3 is 20.1 Å². The number of nitrogens with zero attached hydrogens (tertiary/aromatic N) is 1. The fraction of sp³-hybridized carbons (Fsp3) is 0.368. The van der Waals surface area contributed by atoms with E-state index in [0.29, 0.717) is 38.3 Å². The Morgan fingerprint density at radius 2 is 2.14 bits per heavy atom. The van der Waals surface area contributed by atoms with Crippen LogP contribution < -0.4 is 10.6 Å². The normalized spacial score (nSPS) is 20.2. The maximum Gasteiger partial charge on any atom is 0.273 e. The van der Waals surface area contributed by atoms with E-state index >= 15 is 0 Å². The van der Waals surface area contributed by atoms with Crippen molar-refractivity contribution in [1.82, 2.24) is 9.29 Å². The van der Waals surface area contributed by atoms with Gasteiger partial charge in [-0.15, -0.1) is 0 Å². The molecule has 2 amide bonds. The Kier molecular flexibility index (Phi) is 5.15. The molecule has 2 aromatic rings. The standard InChI is InChI=1S/C19H21N3O6S/c1-12-8-16-19(24)21-15-9-13(2-3-17(15)29(25,26)22(16)10-12)18(23)20-5-4-14-11-27-6-7-28-14/h2-3,8-10,14H,4-7,11H2,1H3,(H,20,23)(H,21,24)/t14-/m1/s1. The lowest BCUT2D eigenvalue weighted by molar-refractivity contribution is -0.0899. The molecule has 1 atom stereocenters. The molecule has 10 heteroatoms. The molecule has 2 aliphatic rings. The lowest BCUT2D eigenvalue weighted by atomic mass is 10.1. The van der Waals surface area contributed by atoms with Crippen LogP contribution in [0.1, 0.15) is 32.8 Å². The highest BCUT2D eigenvalue weighted by atomic mass is 32.2. The lowest BCUT2D eigenvalue weighted by Gasteiger charge is -2.22. The van der Waals surface area contributed by atoms with Crippen molar-refractivity contribution in [3.8, 4) is 0 Å². The molecule has 1 aromatic carbocycles. The zero-order valence-electron chi connectivity index (χ0n) is 15.8. The maximum absolute atomic E-state index is 12.9. The molecule has 2 aliphatic heterocycles. The number of nitrogens with one attached hydrogen (secondary N) is 2. The molecule has 2 N–H and O–H groups in total. The number of hydrogen-bond donors (Lipinski definition) is 2. The second-order valence-corrected chi connectivity index (χ2v) is 8.76. The molecule has 154 valence electrons. The molecule has 9 nitrogen and oxygen atoms in total. The zero-order chi connectivity index (χ0) is 20.6. The van der Waals surface area contributed by atoms with Gasteiger partial charge in [-0.1, -0.05) is 0 Å². The first-order valence-corrected chi connectivity index (χ1v) is 10.7. The Morgan fingerprint density at radius 3 is 2.90 bits per heavy atom. The quantitative estimate of drug-likeness (QED) is 0.768. The Hall–Kier alpha value is -2.69. The van der Waals surface area contributed by atoms with Crippen LogP contribution in [0.25, 0.3) is 0 Å². The van der Waals surface area contributed by atoms with Gasteiger partial charge in [0, 0.05) is 18.3 Å². The summed E-state index contributed by atoms with van der Waals surface area (Å²) in [4.78, 5) is 24.9. The predicted molar refractivity (Wildman–Crippen MR) is 104 cm³/mol. The molecule has 1 aromatic heterocycles. The van der Waals surface area contributed by atoms with Crippen molar-refractivity contribution in [3.05, 3.63) is 47.3 Å². The SMILES string of the molecule is Cc1cc2n(c1)S(=O)(=O)c1ccc(C(=O)NCC[C@@H]3COCCO3)cc1NC2=O. The highest BCUT2D eigenvalue weighted by molar-refractivity contribution is 7.90. The fourth-order valence-electron chi connectivity index (χ4n) is 3.37. The van der Waals surface area contributed by atoms with E-state index in [1.54, 1.807) is 6.92 Å². The third kappa shape index (κ3) is 3.78. The number of rotatable bonds is 4. The van der Waals surface area contributed by atoms with E-state index in [9.17, 15) is 18.0 Å². The van der Waals surface area contributed by atoms with Crippen molar-refractivity contribution in [2.45, 2.75) is 24.3 Å². The molecule has 1 saturated heterocycles. The van der Waals surface area contributed by atoms with E-state index in [1.807, 2.05) is 0 Å². The van der Waals surface area contributed by atoms with Crippen molar-refractivity contribution in [1.29, 1.82) is 0 Å². The lowest BCUT2D eigenvalue weighted by Crippen LogP contribution is -2.33. The predicted octanol–water partition coefficient (Wildman–Crippen LogP) is 1.13. The summed E-state index contributed by atoms with van der Waals surface area (Å²) in [7, 11) is -3.95. The average Bonchev–Trinajstić information content (AvgIpc) is 3.08. The topological polar surface area (TPSA) is 116 Å². The van der Waals surface area contributed by atoms with Crippen LogP contribution in [0, 0.1) is 6.92 Å². The maximum atomic E-state index is 12.9. The number of aryl methyl sites for hydroxylation is 1. The van der Waals surface area contributed by atoms with E-state index in [1.165, 1.54) is 30.5 Å². The number of carbonyl (C=O) groups excluding carboxylic acids is 2. The average molecular weight is 419 g/mol. The summed E-state index contributed by atoms with van der Waals surface area (Å²) in [5.74, 6) is -0.914. The summed E-state index contributed by atoms with van der Waals surface area (Å²) >= 11 is 0. The third-order valence-electron chi connectivity index (χ3n) is 4.82. The molecular weight excluding hydrogens is 398 g/mol. The molecular formula is C19H21N3O6S. The largest absolute Gasteiger partial charge is 0.376 e. The summed E-state index contributed by atoms with van der Waals surface area (Å²) in [5.41, 5.74) is 1.01. The number of ether oxygens (including phenoxy) is 2. The van der Waals surface area contributed by atoms with Crippen molar-refractivity contribution in [2.24, 2.45) is 0 Å². The molecule has 29 heavy (non-hydrogen) atoms. The summed E-state index contributed by atoms with van der Waals surface area (Å²) < 4.78 is 37.7. The van der Waals surface area contributed by atoms with Crippen LogP contribution in [0.2, 0.25) is 0 Å². The molecule has 4 rings (SSSR count). The molecule has 3 heterocycles. The van der Waals surface area contributed by atoms with Gasteiger partial charge in [0.15, 0.2) is 0 Å². The van der Waals surface area contributed by atoms with Gasteiger partial charge in [-0.3, -0.25) is 9.59 Å². The number of aromatic nitrogens is 1. The number of carbonyl (C=O) groups is 2. The van der Waals surface area contributed by atoms with Crippen molar-refractivity contribution in [2.75, 3.05) is 31.7 Å². The number of benzene rings is 1. The van der Waals surface area contributed by atoms with E-state index in [0.717, 1.165) is 3.97 Å². The molecule has 0 radical (unpaired) electrons. The summed E-state index contributed by atoms with van der Waals surface area (Å²) in [5, 5.41) is 5.37. The first-order chi connectivity index (χ1) is 13.9. The van der Waals surface area contributed by atoms with Crippen LogP contribution in [-0.2, 0) is 19.5 Å².